The number of carbonyl (C=O) groups is 1. The number of aryl methyl sites for hydroxylation is 1. The second-order valence-corrected chi connectivity index (χ2v) is 8.02. The number of benzene rings is 4. The van der Waals surface area contributed by atoms with Crippen molar-refractivity contribution in [2.75, 3.05) is 6.61 Å². The lowest BCUT2D eigenvalue weighted by Gasteiger charge is -2.10. The number of ether oxygens (including phenoxy) is 2. The summed E-state index contributed by atoms with van der Waals surface area (Å²) in [5, 5.41) is 0. The molecule has 4 aromatic rings. The van der Waals surface area contributed by atoms with Crippen LogP contribution in [0, 0.1) is 6.92 Å². The Morgan fingerprint density at radius 1 is 0.742 bits per heavy atom. The zero-order chi connectivity index (χ0) is 21.6. The van der Waals surface area contributed by atoms with Crippen LogP contribution in [0.1, 0.15) is 5.56 Å². The summed E-state index contributed by atoms with van der Waals surface area (Å²) < 4.78 is 11.8. The minimum atomic E-state index is -0.456. The lowest BCUT2D eigenvalue weighted by Crippen LogP contribution is -2.17. The van der Waals surface area contributed by atoms with Crippen molar-refractivity contribution in [3.63, 3.8) is 0 Å². The van der Waals surface area contributed by atoms with Gasteiger partial charge in [0.25, 0.3) is 0 Å². The molecule has 0 aliphatic heterocycles. The Balaban J connectivity index is 1.34. The molecule has 31 heavy (non-hydrogen) atoms. The molecule has 0 aromatic heterocycles. The van der Waals surface area contributed by atoms with Crippen LogP contribution in [0.5, 0.6) is 11.5 Å². The maximum Gasteiger partial charge on any atom is 0.349 e. The Hall–Kier alpha value is -3.37. The van der Waals surface area contributed by atoms with Gasteiger partial charge in [-0.3, -0.25) is 0 Å². The van der Waals surface area contributed by atoms with Gasteiger partial charge in [0.15, 0.2) is 6.61 Å². The van der Waals surface area contributed by atoms with E-state index in [1.807, 2.05) is 60.7 Å². The van der Waals surface area contributed by atoms with Gasteiger partial charge < -0.3 is 9.47 Å². The van der Waals surface area contributed by atoms with Gasteiger partial charge in [0.1, 0.15) is 11.5 Å². The van der Waals surface area contributed by atoms with Gasteiger partial charge in [-0.2, -0.15) is 0 Å². The molecule has 0 saturated heterocycles. The van der Waals surface area contributed by atoms with Gasteiger partial charge in [0.2, 0.25) is 0 Å². The van der Waals surface area contributed by atoms with Crippen molar-refractivity contribution in [1.82, 2.24) is 0 Å². The van der Waals surface area contributed by atoms with Crippen LogP contribution in [-0.4, -0.2) is 12.6 Å². The van der Waals surface area contributed by atoms with Crippen LogP contribution in [0.15, 0.2) is 102 Å². The van der Waals surface area contributed by atoms with Crippen LogP contribution in [-0.2, 0) is 4.79 Å². The number of halogens is 1. The summed E-state index contributed by atoms with van der Waals surface area (Å²) in [6.07, 6.45) is 0. The number of carbonyl (C=O) groups excluding carboxylic acids is 1. The number of rotatable bonds is 6. The summed E-state index contributed by atoms with van der Waals surface area (Å²) in [5.41, 5.74) is 5.59. The highest BCUT2D eigenvalue weighted by atomic mass is 79.9. The fourth-order valence-corrected chi connectivity index (χ4v) is 3.68. The van der Waals surface area contributed by atoms with Gasteiger partial charge in [0, 0.05) is 0 Å². The number of hydrogen-bond donors (Lipinski definition) is 0. The van der Waals surface area contributed by atoms with Crippen molar-refractivity contribution in [3.8, 4) is 33.8 Å². The van der Waals surface area contributed by atoms with E-state index in [0.717, 1.165) is 26.7 Å². The number of hydrogen-bond acceptors (Lipinski definition) is 3. The first kappa shape index (κ1) is 20.9. The standard InChI is InChI=1S/C27H21BrO3/c1-19-7-9-21(10-8-19)22-11-14-24(15-12-22)31-27(29)18-30-26-16-13-23(17-25(26)28)20-5-3-2-4-6-20/h2-17H,18H2,1H3. The van der Waals surface area contributed by atoms with E-state index in [-0.39, 0.29) is 6.61 Å². The van der Waals surface area contributed by atoms with E-state index in [2.05, 4.69) is 47.1 Å². The van der Waals surface area contributed by atoms with Gasteiger partial charge >= 0.3 is 5.97 Å². The third-order valence-electron chi connectivity index (χ3n) is 4.86. The molecule has 4 rings (SSSR count). The minimum Gasteiger partial charge on any atom is -0.481 e. The summed E-state index contributed by atoms with van der Waals surface area (Å²) in [5.74, 6) is 0.622. The molecule has 0 unspecified atom stereocenters. The molecule has 0 N–H and O–H groups in total. The van der Waals surface area contributed by atoms with Crippen molar-refractivity contribution >= 4 is 21.9 Å². The average Bonchev–Trinajstić information content (AvgIpc) is 2.80. The average molecular weight is 473 g/mol. The molecule has 0 aliphatic rings. The minimum absolute atomic E-state index is 0.178. The SMILES string of the molecule is Cc1ccc(-c2ccc(OC(=O)COc3ccc(-c4ccccc4)cc3Br)cc2)cc1. The van der Waals surface area contributed by atoms with E-state index in [9.17, 15) is 4.79 Å². The topological polar surface area (TPSA) is 35.5 Å². The molecule has 4 aromatic carbocycles. The van der Waals surface area contributed by atoms with Crippen molar-refractivity contribution in [3.05, 3.63) is 107 Å². The third-order valence-corrected chi connectivity index (χ3v) is 5.48. The summed E-state index contributed by atoms with van der Waals surface area (Å²) in [7, 11) is 0. The molecular formula is C27H21BrO3. The monoisotopic (exact) mass is 472 g/mol. The molecule has 3 nitrogen and oxygen atoms in total. The maximum atomic E-state index is 12.2. The van der Waals surface area contributed by atoms with Crippen molar-refractivity contribution in [1.29, 1.82) is 0 Å². The second-order valence-electron chi connectivity index (χ2n) is 7.16. The first-order valence-corrected chi connectivity index (χ1v) is 10.7. The van der Waals surface area contributed by atoms with E-state index < -0.39 is 5.97 Å². The third kappa shape index (κ3) is 5.41. The largest absolute Gasteiger partial charge is 0.481 e. The Labute approximate surface area is 190 Å². The van der Waals surface area contributed by atoms with Crippen molar-refractivity contribution < 1.29 is 14.3 Å². The first-order chi connectivity index (χ1) is 15.1. The lowest BCUT2D eigenvalue weighted by molar-refractivity contribution is -0.136. The predicted molar refractivity (Wildman–Crippen MR) is 127 cm³/mol. The predicted octanol–water partition coefficient (Wildman–Crippen LogP) is 7.08. The molecule has 0 aliphatic carbocycles. The Kier molecular flexibility index (Phi) is 6.48. The van der Waals surface area contributed by atoms with E-state index in [4.69, 9.17) is 9.47 Å². The lowest BCUT2D eigenvalue weighted by atomic mass is 10.0. The van der Waals surface area contributed by atoms with Crippen LogP contribution >= 0.6 is 15.9 Å². The Morgan fingerprint density at radius 3 is 1.97 bits per heavy atom. The molecule has 0 atom stereocenters. The summed E-state index contributed by atoms with van der Waals surface area (Å²) in [6, 6.07) is 31.6. The van der Waals surface area contributed by atoms with Gasteiger partial charge in [-0.25, -0.2) is 4.79 Å². The van der Waals surface area contributed by atoms with E-state index in [1.165, 1.54) is 5.56 Å². The summed E-state index contributed by atoms with van der Waals surface area (Å²) >= 11 is 3.52. The van der Waals surface area contributed by atoms with Crippen LogP contribution < -0.4 is 9.47 Å². The molecule has 0 bridgehead atoms. The molecule has 0 amide bonds. The zero-order valence-corrected chi connectivity index (χ0v) is 18.6. The first-order valence-electron chi connectivity index (χ1n) is 9.94. The molecule has 0 fully saturated rings. The van der Waals surface area contributed by atoms with Gasteiger partial charge in [-0.05, 0) is 69.4 Å². The smallest absolute Gasteiger partial charge is 0.349 e. The van der Waals surface area contributed by atoms with Crippen LogP contribution in [0.2, 0.25) is 0 Å². The maximum absolute atomic E-state index is 12.2. The molecule has 4 heteroatoms. The molecule has 0 saturated carbocycles. The molecule has 0 heterocycles. The van der Waals surface area contributed by atoms with E-state index in [1.54, 1.807) is 12.1 Å². The van der Waals surface area contributed by atoms with Crippen LogP contribution in [0.4, 0.5) is 0 Å². The van der Waals surface area contributed by atoms with Crippen LogP contribution in [0.25, 0.3) is 22.3 Å². The summed E-state index contributed by atoms with van der Waals surface area (Å²) in [6.45, 7) is 1.88. The second kappa shape index (κ2) is 9.63. The Morgan fingerprint density at radius 2 is 1.32 bits per heavy atom. The highest BCUT2D eigenvalue weighted by Crippen LogP contribution is 2.31. The Bertz CT molecular complexity index is 1170. The molecule has 0 radical (unpaired) electrons. The van der Waals surface area contributed by atoms with Crippen LogP contribution in [0.3, 0.4) is 0 Å². The van der Waals surface area contributed by atoms with Gasteiger partial charge in [0.05, 0.1) is 4.47 Å². The molecular weight excluding hydrogens is 452 g/mol. The van der Waals surface area contributed by atoms with Crippen molar-refractivity contribution in [2.45, 2.75) is 6.92 Å². The van der Waals surface area contributed by atoms with E-state index in [0.29, 0.717) is 11.5 Å². The number of esters is 1. The fourth-order valence-electron chi connectivity index (χ4n) is 3.19. The van der Waals surface area contributed by atoms with Gasteiger partial charge in [-0.1, -0.05) is 78.4 Å². The zero-order valence-electron chi connectivity index (χ0n) is 17.0. The highest BCUT2D eigenvalue weighted by molar-refractivity contribution is 9.10. The van der Waals surface area contributed by atoms with Crippen molar-refractivity contribution in [2.24, 2.45) is 0 Å². The van der Waals surface area contributed by atoms with Gasteiger partial charge in [-0.15, -0.1) is 0 Å². The molecule has 0 spiro atoms. The molecule has 154 valence electrons. The normalized spacial score (nSPS) is 10.5. The fraction of sp³-hybridized carbons (Fsp3) is 0.0741. The quantitative estimate of drug-likeness (QED) is 0.222. The van der Waals surface area contributed by atoms with E-state index >= 15 is 0 Å². The summed E-state index contributed by atoms with van der Waals surface area (Å²) in [4.78, 5) is 12.2. The highest BCUT2D eigenvalue weighted by Gasteiger charge is 2.10.